The number of rotatable bonds is 7. The lowest BCUT2D eigenvalue weighted by atomic mass is 9.90. The lowest BCUT2D eigenvalue weighted by Crippen LogP contribution is -2.44. The van der Waals surface area contributed by atoms with Gasteiger partial charge in [0.1, 0.15) is 0 Å². The standard InChI is InChI=1S/C20H33N3O/c1-17(2)22(3)14-8-7-13-21-20(24)23-15-11-19(12-16-23)18-9-5-4-6-10-18/h4-6,9-10,17,19H,7-8,11-16H2,1-3H3,(H,21,24). The van der Waals surface area contributed by atoms with Gasteiger partial charge in [0.05, 0.1) is 0 Å². The fourth-order valence-corrected chi connectivity index (χ4v) is 3.19. The number of carbonyl (C=O) groups excluding carboxylic acids is 1. The summed E-state index contributed by atoms with van der Waals surface area (Å²) in [5, 5.41) is 3.08. The Bertz CT molecular complexity index is 481. The second-order valence-electron chi connectivity index (χ2n) is 7.19. The van der Waals surface area contributed by atoms with Crippen molar-refractivity contribution >= 4 is 6.03 Å². The maximum absolute atomic E-state index is 12.3. The Labute approximate surface area is 147 Å². The average Bonchev–Trinajstić information content (AvgIpc) is 2.62. The van der Waals surface area contributed by atoms with Crippen LogP contribution in [0, 0.1) is 0 Å². The lowest BCUT2D eigenvalue weighted by molar-refractivity contribution is 0.181. The van der Waals surface area contributed by atoms with E-state index in [4.69, 9.17) is 0 Å². The number of likely N-dealkylation sites (tertiary alicyclic amines) is 1. The van der Waals surface area contributed by atoms with Crippen molar-refractivity contribution in [2.24, 2.45) is 0 Å². The molecule has 1 aromatic carbocycles. The molecule has 2 rings (SSSR count). The van der Waals surface area contributed by atoms with Crippen LogP contribution in [0.5, 0.6) is 0 Å². The van der Waals surface area contributed by atoms with Crippen molar-refractivity contribution in [3.63, 3.8) is 0 Å². The van der Waals surface area contributed by atoms with E-state index in [0.29, 0.717) is 12.0 Å². The summed E-state index contributed by atoms with van der Waals surface area (Å²) in [4.78, 5) is 16.6. The predicted octanol–water partition coefficient (Wildman–Crippen LogP) is 3.70. The number of nitrogens with zero attached hydrogens (tertiary/aromatic N) is 2. The highest BCUT2D eigenvalue weighted by molar-refractivity contribution is 5.74. The number of nitrogens with one attached hydrogen (secondary N) is 1. The molecule has 1 heterocycles. The fraction of sp³-hybridized carbons (Fsp3) is 0.650. The van der Waals surface area contributed by atoms with Gasteiger partial charge in [-0.1, -0.05) is 30.3 Å². The topological polar surface area (TPSA) is 35.6 Å². The van der Waals surface area contributed by atoms with Crippen LogP contribution in [0.25, 0.3) is 0 Å². The van der Waals surface area contributed by atoms with Gasteiger partial charge < -0.3 is 15.1 Å². The number of hydrogen-bond acceptors (Lipinski definition) is 2. The monoisotopic (exact) mass is 331 g/mol. The second-order valence-corrected chi connectivity index (χ2v) is 7.19. The van der Waals surface area contributed by atoms with E-state index in [1.807, 2.05) is 4.90 Å². The van der Waals surface area contributed by atoms with Crippen molar-refractivity contribution in [2.75, 3.05) is 33.2 Å². The molecule has 0 aliphatic carbocycles. The molecule has 0 aromatic heterocycles. The van der Waals surface area contributed by atoms with Gasteiger partial charge in [-0.25, -0.2) is 4.79 Å². The maximum atomic E-state index is 12.3. The van der Waals surface area contributed by atoms with Crippen molar-refractivity contribution in [3.05, 3.63) is 35.9 Å². The molecule has 0 saturated carbocycles. The number of unbranched alkanes of at least 4 members (excludes halogenated alkanes) is 1. The van der Waals surface area contributed by atoms with E-state index in [1.165, 1.54) is 5.56 Å². The minimum atomic E-state index is 0.110. The van der Waals surface area contributed by atoms with Crippen molar-refractivity contribution in [1.82, 2.24) is 15.1 Å². The summed E-state index contributed by atoms with van der Waals surface area (Å²) in [7, 11) is 2.15. The molecule has 1 fully saturated rings. The highest BCUT2D eigenvalue weighted by Crippen LogP contribution is 2.27. The van der Waals surface area contributed by atoms with Crippen molar-refractivity contribution in [3.8, 4) is 0 Å². The molecule has 4 heteroatoms. The second kappa shape index (κ2) is 9.67. The van der Waals surface area contributed by atoms with E-state index in [9.17, 15) is 4.79 Å². The molecular weight excluding hydrogens is 298 g/mol. The van der Waals surface area contributed by atoms with Gasteiger partial charge in [-0.05, 0) is 64.6 Å². The summed E-state index contributed by atoms with van der Waals surface area (Å²) < 4.78 is 0. The molecule has 0 bridgehead atoms. The first-order valence-corrected chi connectivity index (χ1v) is 9.36. The van der Waals surface area contributed by atoms with Crippen molar-refractivity contribution in [1.29, 1.82) is 0 Å². The van der Waals surface area contributed by atoms with Crippen LogP contribution >= 0.6 is 0 Å². The summed E-state index contributed by atoms with van der Waals surface area (Å²) >= 11 is 0. The molecule has 1 saturated heterocycles. The minimum absolute atomic E-state index is 0.110. The van der Waals surface area contributed by atoms with Crippen molar-refractivity contribution in [2.45, 2.75) is 51.5 Å². The molecule has 1 aliphatic rings. The van der Waals surface area contributed by atoms with Crippen LogP contribution < -0.4 is 5.32 Å². The zero-order chi connectivity index (χ0) is 17.4. The molecule has 2 amide bonds. The van der Waals surface area contributed by atoms with Crippen LogP contribution in [-0.2, 0) is 0 Å². The summed E-state index contributed by atoms with van der Waals surface area (Å²) in [5.74, 6) is 0.599. The molecule has 0 unspecified atom stereocenters. The molecule has 134 valence electrons. The molecule has 4 nitrogen and oxygen atoms in total. The average molecular weight is 332 g/mol. The SMILES string of the molecule is CC(C)N(C)CCCCNC(=O)N1CCC(c2ccccc2)CC1. The van der Waals surface area contributed by atoms with E-state index < -0.39 is 0 Å². The van der Waals surface area contributed by atoms with E-state index >= 15 is 0 Å². The lowest BCUT2D eigenvalue weighted by Gasteiger charge is -2.32. The molecule has 1 aromatic rings. The Balaban J connectivity index is 1.61. The Kier molecular flexibility index (Phi) is 7.57. The highest BCUT2D eigenvalue weighted by atomic mass is 16.2. The molecule has 1 aliphatic heterocycles. The van der Waals surface area contributed by atoms with Gasteiger partial charge in [0.25, 0.3) is 0 Å². The third kappa shape index (κ3) is 5.82. The summed E-state index contributed by atoms with van der Waals surface area (Å²) in [6.07, 6.45) is 4.31. The first-order chi connectivity index (χ1) is 11.6. The van der Waals surface area contributed by atoms with Crippen LogP contribution in [-0.4, -0.2) is 55.1 Å². The number of hydrogen-bond donors (Lipinski definition) is 1. The molecule has 1 N–H and O–H groups in total. The number of carbonyl (C=O) groups is 1. The number of urea groups is 1. The zero-order valence-corrected chi connectivity index (χ0v) is 15.5. The molecular formula is C20H33N3O. The van der Waals surface area contributed by atoms with E-state index in [-0.39, 0.29) is 6.03 Å². The van der Waals surface area contributed by atoms with Crippen LogP contribution in [0.2, 0.25) is 0 Å². The van der Waals surface area contributed by atoms with Gasteiger partial charge in [0.2, 0.25) is 0 Å². The third-order valence-corrected chi connectivity index (χ3v) is 5.15. The minimum Gasteiger partial charge on any atom is -0.338 e. The maximum Gasteiger partial charge on any atom is 0.317 e. The molecule has 0 radical (unpaired) electrons. The smallest absolute Gasteiger partial charge is 0.317 e. The Morgan fingerprint density at radius 3 is 2.50 bits per heavy atom. The van der Waals surface area contributed by atoms with Gasteiger partial charge >= 0.3 is 6.03 Å². The third-order valence-electron chi connectivity index (χ3n) is 5.15. The highest BCUT2D eigenvalue weighted by Gasteiger charge is 2.23. The molecule has 24 heavy (non-hydrogen) atoms. The van der Waals surface area contributed by atoms with Gasteiger partial charge in [0, 0.05) is 25.7 Å². The van der Waals surface area contributed by atoms with Gasteiger partial charge in [-0.2, -0.15) is 0 Å². The quantitative estimate of drug-likeness (QED) is 0.773. The fourth-order valence-electron chi connectivity index (χ4n) is 3.19. The number of amides is 2. The van der Waals surface area contributed by atoms with Gasteiger partial charge in [0.15, 0.2) is 0 Å². The van der Waals surface area contributed by atoms with Crippen molar-refractivity contribution < 1.29 is 4.79 Å². The normalized spacial score (nSPS) is 16.0. The summed E-state index contributed by atoms with van der Waals surface area (Å²) in [6, 6.07) is 11.4. The van der Waals surface area contributed by atoms with Crippen LogP contribution in [0.4, 0.5) is 4.79 Å². The molecule has 0 atom stereocenters. The predicted molar refractivity (Wildman–Crippen MR) is 100 cm³/mol. The van der Waals surface area contributed by atoms with Crippen LogP contribution in [0.3, 0.4) is 0 Å². The number of piperidine rings is 1. The molecule has 0 spiro atoms. The zero-order valence-electron chi connectivity index (χ0n) is 15.5. The Morgan fingerprint density at radius 1 is 1.21 bits per heavy atom. The van der Waals surface area contributed by atoms with Gasteiger partial charge in [-0.3, -0.25) is 0 Å². The number of benzene rings is 1. The van der Waals surface area contributed by atoms with Crippen LogP contribution in [0.1, 0.15) is 51.0 Å². The van der Waals surface area contributed by atoms with E-state index in [1.54, 1.807) is 0 Å². The van der Waals surface area contributed by atoms with E-state index in [2.05, 4.69) is 61.4 Å². The summed E-state index contributed by atoms with van der Waals surface area (Å²) in [6.45, 7) is 8.02. The Hall–Kier alpha value is -1.55. The van der Waals surface area contributed by atoms with Gasteiger partial charge in [-0.15, -0.1) is 0 Å². The summed E-state index contributed by atoms with van der Waals surface area (Å²) in [5.41, 5.74) is 1.41. The van der Waals surface area contributed by atoms with Crippen LogP contribution in [0.15, 0.2) is 30.3 Å². The largest absolute Gasteiger partial charge is 0.338 e. The Morgan fingerprint density at radius 2 is 1.88 bits per heavy atom. The first-order valence-electron chi connectivity index (χ1n) is 9.36. The first kappa shape index (κ1) is 18.8. The van der Waals surface area contributed by atoms with E-state index in [0.717, 1.165) is 51.9 Å².